The van der Waals surface area contributed by atoms with E-state index in [0.29, 0.717) is 11.8 Å². The van der Waals surface area contributed by atoms with Gasteiger partial charge in [-0.05, 0) is 53.1 Å². The summed E-state index contributed by atoms with van der Waals surface area (Å²) in [6, 6.07) is 1.95. The lowest BCUT2D eigenvalue weighted by Gasteiger charge is -2.35. The molecule has 1 aromatic rings. The summed E-state index contributed by atoms with van der Waals surface area (Å²) < 4.78 is 0.920. The monoisotopic (exact) mass is 328 g/mol. The molecule has 1 amide bonds. The molecule has 2 aliphatic heterocycles. The van der Waals surface area contributed by atoms with Crippen LogP contribution in [0.2, 0.25) is 0 Å². The van der Waals surface area contributed by atoms with Crippen LogP contribution in [0.15, 0.2) is 15.9 Å². The van der Waals surface area contributed by atoms with E-state index in [1.54, 1.807) is 0 Å². The summed E-state index contributed by atoms with van der Waals surface area (Å²) in [5, 5.41) is 5.40. The maximum absolute atomic E-state index is 12.7. The van der Waals surface area contributed by atoms with Crippen LogP contribution in [0, 0.1) is 11.8 Å². The number of likely N-dealkylation sites (tertiary alicyclic amines) is 1. The highest BCUT2D eigenvalue weighted by atomic mass is 79.9. The molecule has 18 heavy (non-hydrogen) atoms. The van der Waals surface area contributed by atoms with Gasteiger partial charge in [-0.25, -0.2) is 0 Å². The van der Waals surface area contributed by atoms with E-state index in [2.05, 4.69) is 40.0 Å². The van der Waals surface area contributed by atoms with Gasteiger partial charge in [0.05, 0.1) is 0 Å². The topological polar surface area (TPSA) is 32.3 Å². The SMILES string of the molecule is CC1(C)C2CNCC2CN1C(=O)c1sccc1Br. The summed E-state index contributed by atoms with van der Waals surface area (Å²) in [6.45, 7) is 7.36. The second kappa shape index (κ2) is 4.32. The lowest BCUT2D eigenvalue weighted by atomic mass is 9.85. The third-order valence-electron chi connectivity index (χ3n) is 4.42. The number of nitrogens with zero attached hydrogens (tertiary/aromatic N) is 1. The van der Waals surface area contributed by atoms with Crippen LogP contribution in [-0.4, -0.2) is 36.0 Å². The molecule has 2 saturated heterocycles. The number of halogens is 1. The predicted molar refractivity (Wildman–Crippen MR) is 77.0 cm³/mol. The predicted octanol–water partition coefficient (Wildman–Crippen LogP) is 2.58. The average molecular weight is 329 g/mol. The maximum Gasteiger partial charge on any atom is 0.265 e. The van der Waals surface area contributed by atoms with Gasteiger partial charge in [0.2, 0.25) is 0 Å². The Morgan fingerprint density at radius 3 is 2.94 bits per heavy atom. The first kappa shape index (κ1) is 12.6. The molecule has 2 atom stereocenters. The quantitative estimate of drug-likeness (QED) is 0.859. The molecule has 5 heteroatoms. The Morgan fingerprint density at radius 1 is 1.56 bits per heavy atom. The maximum atomic E-state index is 12.7. The Bertz CT molecular complexity index is 485. The minimum atomic E-state index is -0.0469. The van der Waals surface area contributed by atoms with Crippen molar-refractivity contribution in [3.63, 3.8) is 0 Å². The number of rotatable bonds is 1. The fourth-order valence-corrected chi connectivity index (χ4v) is 4.82. The normalized spacial score (nSPS) is 29.6. The van der Waals surface area contributed by atoms with Gasteiger partial charge in [0, 0.05) is 29.6 Å². The van der Waals surface area contributed by atoms with Crippen molar-refractivity contribution in [2.24, 2.45) is 11.8 Å². The van der Waals surface area contributed by atoms with Gasteiger partial charge < -0.3 is 10.2 Å². The first-order valence-corrected chi connectivity index (χ1v) is 7.94. The van der Waals surface area contributed by atoms with Gasteiger partial charge in [0.1, 0.15) is 4.88 Å². The molecule has 3 heterocycles. The molecule has 0 aromatic carbocycles. The van der Waals surface area contributed by atoms with Crippen LogP contribution in [0.25, 0.3) is 0 Å². The average Bonchev–Trinajstić information content (AvgIpc) is 2.96. The van der Waals surface area contributed by atoms with Gasteiger partial charge in [-0.1, -0.05) is 0 Å². The summed E-state index contributed by atoms with van der Waals surface area (Å²) in [4.78, 5) is 15.6. The number of carbonyl (C=O) groups excluding carboxylic acids is 1. The van der Waals surface area contributed by atoms with Crippen LogP contribution in [0.3, 0.4) is 0 Å². The number of nitrogens with one attached hydrogen (secondary N) is 1. The van der Waals surface area contributed by atoms with Crippen molar-refractivity contribution >= 4 is 33.2 Å². The summed E-state index contributed by atoms with van der Waals surface area (Å²) in [7, 11) is 0. The second-order valence-electron chi connectivity index (χ2n) is 5.69. The minimum absolute atomic E-state index is 0.0469. The Balaban J connectivity index is 1.90. The van der Waals surface area contributed by atoms with Crippen LogP contribution < -0.4 is 5.32 Å². The standard InChI is InChI=1S/C13H17BrN2OS/c1-13(2)9-6-15-5-8(9)7-16(13)12(17)11-10(14)3-4-18-11/h3-4,8-9,15H,5-7H2,1-2H3. The summed E-state index contributed by atoms with van der Waals surface area (Å²) in [5.41, 5.74) is -0.0469. The molecule has 2 aliphatic rings. The summed E-state index contributed by atoms with van der Waals surface area (Å²) >= 11 is 4.98. The molecule has 3 rings (SSSR count). The van der Waals surface area contributed by atoms with E-state index < -0.39 is 0 Å². The van der Waals surface area contributed by atoms with Gasteiger partial charge in [0.15, 0.2) is 0 Å². The van der Waals surface area contributed by atoms with E-state index in [-0.39, 0.29) is 11.4 Å². The van der Waals surface area contributed by atoms with Gasteiger partial charge in [-0.3, -0.25) is 4.79 Å². The van der Waals surface area contributed by atoms with E-state index in [1.807, 2.05) is 11.4 Å². The van der Waals surface area contributed by atoms with Crippen molar-refractivity contribution in [2.75, 3.05) is 19.6 Å². The molecule has 0 radical (unpaired) electrons. The number of amides is 1. The third-order valence-corrected chi connectivity index (χ3v) is 6.24. The fourth-order valence-electron chi connectivity index (χ4n) is 3.34. The zero-order valence-corrected chi connectivity index (χ0v) is 13.0. The number of carbonyl (C=O) groups is 1. The van der Waals surface area contributed by atoms with E-state index in [0.717, 1.165) is 29.0 Å². The molecule has 2 fully saturated rings. The molecule has 0 saturated carbocycles. The van der Waals surface area contributed by atoms with Crippen LogP contribution >= 0.6 is 27.3 Å². The highest BCUT2D eigenvalue weighted by Crippen LogP contribution is 2.42. The van der Waals surface area contributed by atoms with Gasteiger partial charge in [-0.15, -0.1) is 11.3 Å². The van der Waals surface area contributed by atoms with Gasteiger partial charge in [-0.2, -0.15) is 0 Å². The number of hydrogen-bond acceptors (Lipinski definition) is 3. The Labute approximate surface area is 120 Å². The zero-order valence-electron chi connectivity index (χ0n) is 10.6. The minimum Gasteiger partial charge on any atom is -0.332 e. The molecule has 0 spiro atoms. The van der Waals surface area contributed by atoms with Gasteiger partial charge >= 0.3 is 0 Å². The molecule has 3 nitrogen and oxygen atoms in total. The molecular formula is C13H17BrN2OS. The number of thiophene rings is 1. The molecule has 1 aromatic heterocycles. The summed E-state index contributed by atoms with van der Waals surface area (Å²) in [6.07, 6.45) is 0. The van der Waals surface area contributed by atoms with Gasteiger partial charge in [0.25, 0.3) is 5.91 Å². The van der Waals surface area contributed by atoms with Crippen LogP contribution in [-0.2, 0) is 0 Å². The van der Waals surface area contributed by atoms with Crippen LogP contribution in [0.4, 0.5) is 0 Å². The largest absolute Gasteiger partial charge is 0.332 e. The third kappa shape index (κ3) is 1.75. The van der Waals surface area contributed by atoms with Crippen LogP contribution in [0.5, 0.6) is 0 Å². The van der Waals surface area contributed by atoms with Crippen molar-refractivity contribution in [3.05, 3.63) is 20.8 Å². The molecular weight excluding hydrogens is 312 g/mol. The highest BCUT2D eigenvalue weighted by Gasteiger charge is 2.51. The van der Waals surface area contributed by atoms with E-state index in [1.165, 1.54) is 11.3 Å². The van der Waals surface area contributed by atoms with Crippen molar-refractivity contribution in [1.29, 1.82) is 0 Å². The molecule has 98 valence electrons. The van der Waals surface area contributed by atoms with E-state index >= 15 is 0 Å². The highest BCUT2D eigenvalue weighted by molar-refractivity contribution is 9.10. The van der Waals surface area contributed by atoms with Crippen molar-refractivity contribution in [2.45, 2.75) is 19.4 Å². The zero-order chi connectivity index (χ0) is 12.9. The van der Waals surface area contributed by atoms with Crippen molar-refractivity contribution in [3.8, 4) is 0 Å². The lowest BCUT2D eigenvalue weighted by Crippen LogP contribution is -2.47. The second-order valence-corrected chi connectivity index (χ2v) is 7.46. The molecule has 1 N–H and O–H groups in total. The van der Waals surface area contributed by atoms with E-state index in [9.17, 15) is 4.79 Å². The molecule has 0 aliphatic carbocycles. The first-order valence-electron chi connectivity index (χ1n) is 6.27. The number of hydrogen-bond donors (Lipinski definition) is 1. The van der Waals surface area contributed by atoms with E-state index in [4.69, 9.17) is 0 Å². The Morgan fingerprint density at radius 2 is 2.33 bits per heavy atom. The van der Waals surface area contributed by atoms with Crippen molar-refractivity contribution < 1.29 is 4.79 Å². The smallest absolute Gasteiger partial charge is 0.265 e. The van der Waals surface area contributed by atoms with Crippen LogP contribution in [0.1, 0.15) is 23.5 Å². The van der Waals surface area contributed by atoms with Crippen molar-refractivity contribution in [1.82, 2.24) is 10.2 Å². The Hall–Kier alpha value is -0.390. The fraction of sp³-hybridized carbons (Fsp3) is 0.615. The number of fused-ring (bicyclic) bond motifs is 1. The first-order chi connectivity index (χ1) is 8.51. The Kier molecular flexibility index (Phi) is 3.03. The molecule has 0 bridgehead atoms. The summed E-state index contributed by atoms with van der Waals surface area (Å²) in [5.74, 6) is 1.37. The molecule has 2 unspecified atom stereocenters. The lowest BCUT2D eigenvalue weighted by molar-refractivity contribution is 0.0607.